The van der Waals surface area contributed by atoms with Crippen molar-refractivity contribution in [3.63, 3.8) is 0 Å². The standard InChI is InChI=1S/C60H41N3O/c1-60(2)51-26-10-9-23-48(51)55-50(25-13-27-52(55)60)59-62-57(41-31-29-39(30-32-41)43-20-11-19-42(35-43)38-15-5-3-6-16-38)61-58(63-59)46-22-12-21-44(36-46)45-33-34-49-54(37-45)64-53-28-14-24-47(56(49)53)40-17-7-4-8-18-40/h3-37H,1-2H3. The lowest BCUT2D eigenvalue weighted by molar-refractivity contribution is 0.660. The predicted octanol–water partition coefficient (Wildman–Crippen LogP) is 15.7. The SMILES string of the molecule is CC1(C)c2ccccc2-c2c(-c3nc(-c4ccc(-c5cccc(-c6ccccc6)c5)cc4)nc(-c4cccc(-c5ccc6c(c5)oc5cccc(-c7ccccc7)c56)c4)n3)cccc21. The molecule has 1 aliphatic carbocycles. The van der Waals surface area contributed by atoms with Gasteiger partial charge in [-0.2, -0.15) is 0 Å². The predicted molar refractivity (Wildman–Crippen MR) is 263 cm³/mol. The third-order valence-corrected chi connectivity index (χ3v) is 13.0. The summed E-state index contributed by atoms with van der Waals surface area (Å²) >= 11 is 0. The zero-order chi connectivity index (χ0) is 42.8. The largest absolute Gasteiger partial charge is 0.456 e. The zero-order valence-electron chi connectivity index (χ0n) is 35.5. The van der Waals surface area contributed by atoms with E-state index in [-0.39, 0.29) is 5.41 Å². The Kier molecular flexibility index (Phi) is 8.80. The molecular weight excluding hydrogens is 779 g/mol. The first-order valence-corrected chi connectivity index (χ1v) is 21.8. The third kappa shape index (κ3) is 6.34. The Morgan fingerprint density at radius 2 is 0.812 bits per heavy atom. The number of furan rings is 1. The Morgan fingerprint density at radius 3 is 1.58 bits per heavy atom. The molecule has 2 heterocycles. The molecule has 0 amide bonds. The molecule has 0 saturated carbocycles. The fourth-order valence-corrected chi connectivity index (χ4v) is 9.72. The van der Waals surface area contributed by atoms with Crippen LogP contribution in [0.5, 0.6) is 0 Å². The smallest absolute Gasteiger partial charge is 0.164 e. The van der Waals surface area contributed by atoms with Crippen molar-refractivity contribution in [3.05, 3.63) is 223 Å². The molecule has 1 aliphatic rings. The number of hydrogen-bond acceptors (Lipinski definition) is 4. The van der Waals surface area contributed by atoms with Crippen LogP contribution >= 0.6 is 0 Å². The molecular formula is C60H41N3O. The minimum Gasteiger partial charge on any atom is -0.456 e. The molecule has 0 N–H and O–H groups in total. The van der Waals surface area contributed by atoms with E-state index in [9.17, 15) is 0 Å². The summed E-state index contributed by atoms with van der Waals surface area (Å²) in [6.07, 6.45) is 0. The van der Waals surface area contributed by atoms with Gasteiger partial charge in [0, 0.05) is 32.9 Å². The van der Waals surface area contributed by atoms with Crippen molar-refractivity contribution in [2.24, 2.45) is 0 Å². The summed E-state index contributed by atoms with van der Waals surface area (Å²) in [5.41, 5.74) is 18.5. The maximum absolute atomic E-state index is 6.53. The quantitative estimate of drug-likeness (QED) is 0.161. The highest BCUT2D eigenvalue weighted by Gasteiger charge is 2.37. The lowest BCUT2D eigenvalue weighted by Gasteiger charge is -2.21. The van der Waals surface area contributed by atoms with E-state index in [1.165, 1.54) is 38.9 Å². The number of benzene rings is 9. The number of nitrogens with zero attached hydrogens (tertiary/aromatic N) is 3. The van der Waals surface area contributed by atoms with Gasteiger partial charge in [0.05, 0.1) is 0 Å². The van der Waals surface area contributed by atoms with Gasteiger partial charge in [-0.05, 0) is 97.1 Å². The Morgan fingerprint density at radius 1 is 0.328 bits per heavy atom. The van der Waals surface area contributed by atoms with Crippen molar-refractivity contribution in [3.8, 4) is 89.8 Å². The maximum atomic E-state index is 6.53. The van der Waals surface area contributed by atoms with E-state index < -0.39 is 0 Å². The van der Waals surface area contributed by atoms with Crippen LogP contribution in [0.15, 0.2) is 217 Å². The first-order chi connectivity index (χ1) is 31.5. The monoisotopic (exact) mass is 819 g/mol. The van der Waals surface area contributed by atoms with Crippen LogP contribution in [-0.4, -0.2) is 15.0 Å². The first kappa shape index (κ1) is 37.5. The second kappa shape index (κ2) is 15.0. The lowest BCUT2D eigenvalue weighted by Crippen LogP contribution is -2.14. The van der Waals surface area contributed by atoms with E-state index >= 15 is 0 Å². The van der Waals surface area contributed by atoms with Crippen LogP contribution < -0.4 is 0 Å². The van der Waals surface area contributed by atoms with Gasteiger partial charge < -0.3 is 4.42 Å². The van der Waals surface area contributed by atoms with Gasteiger partial charge in [-0.3, -0.25) is 0 Å². The maximum Gasteiger partial charge on any atom is 0.164 e. The molecule has 0 radical (unpaired) electrons. The van der Waals surface area contributed by atoms with Crippen LogP contribution in [-0.2, 0) is 5.41 Å². The third-order valence-electron chi connectivity index (χ3n) is 13.0. The summed E-state index contributed by atoms with van der Waals surface area (Å²) in [7, 11) is 0. The summed E-state index contributed by atoms with van der Waals surface area (Å²) in [5, 5.41) is 2.22. The van der Waals surface area contributed by atoms with Gasteiger partial charge in [0.15, 0.2) is 17.5 Å². The molecule has 0 fully saturated rings. The minimum atomic E-state index is -0.160. The van der Waals surface area contributed by atoms with Crippen LogP contribution in [0.25, 0.3) is 112 Å². The highest BCUT2D eigenvalue weighted by atomic mass is 16.3. The molecule has 0 saturated heterocycles. The van der Waals surface area contributed by atoms with Crippen molar-refractivity contribution < 1.29 is 4.42 Å². The molecule has 0 atom stereocenters. The fraction of sp³-hybridized carbons (Fsp3) is 0.0500. The van der Waals surface area contributed by atoms with Crippen LogP contribution in [0.2, 0.25) is 0 Å². The molecule has 9 aromatic carbocycles. The highest BCUT2D eigenvalue weighted by Crippen LogP contribution is 2.52. The van der Waals surface area contributed by atoms with Gasteiger partial charge in [-0.1, -0.05) is 196 Å². The van der Waals surface area contributed by atoms with Gasteiger partial charge in [-0.25, -0.2) is 15.0 Å². The molecule has 2 aromatic heterocycles. The Balaban J connectivity index is 0.973. The van der Waals surface area contributed by atoms with E-state index in [1.54, 1.807) is 0 Å². The molecule has 11 aromatic rings. The Labute approximate surface area is 372 Å². The molecule has 4 nitrogen and oxygen atoms in total. The Hall–Kier alpha value is -8.21. The van der Waals surface area contributed by atoms with Crippen molar-refractivity contribution in [1.29, 1.82) is 0 Å². The minimum absolute atomic E-state index is 0.160. The normalized spacial score (nSPS) is 12.7. The molecule has 302 valence electrons. The van der Waals surface area contributed by atoms with Crippen molar-refractivity contribution in [2.45, 2.75) is 19.3 Å². The topological polar surface area (TPSA) is 51.8 Å². The van der Waals surface area contributed by atoms with Crippen LogP contribution in [0.4, 0.5) is 0 Å². The van der Waals surface area contributed by atoms with E-state index in [0.717, 1.165) is 66.4 Å². The average molecular weight is 820 g/mol. The molecule has 0 bridgehead atoms. The van der Waals surface area contributed by atoms with E-state index in [0.29, 0.717) is 17.5 Å². The summed E-state index contributed by atoms with van der Waals surface area (Å²) < 4.78 is 6.53. The van der Waals surface area contributed by atoms with Crippen molar-refractivity contribution >= 4 is 21.9 Å². The first-order valence-electron chi connectivity index (χ1n) is 21.8. The summed E-state index contributed by atoms with van der Waals surface area (Å²) in [4.78, 5) is 15.8. The van der Waals surface area contributed by atoms with Gasteiger partial charge in [0.2, 0.25) is 0 Å². The van der Waals surface area contributed by atoms with Gasteiger partial charge in [0.25, 0.3) is 0 Å². The summed E-state index contributed by atoms with van der Waals surface area (Å²) in [5.74, 6) is 1.88. The van der Waals surface area contributed by atoms with Crippen LogP contribution in [0.1, 0.15) is 25.0 Å². The number of fused-ring (bicyclic) bond motifs is 6. The van der Waals surface area contributed by atoms with Crippen molar-refractivity contribution in [2.75, 3.05) is 0 Å². The van der Waals surface area contributed by atoms with E-state index in [1.807, 2.05) is 6.07 Å². The van der Waals surface area contributed by atoms with Crippen LogP contribution in [0, 0.1) is 0 Å². The molecule has 12 rings (SSSR count). The number of aromatic nitrogens is 3. The van der Waals surface area contributed by atoms with Crippen LogP contribution in [0.3, 0.4) is 0 Å². The van der Waals surface area contributed by atoms with Crippen molar-refractivity contribution in [1.82, 2.24) is 15.0 Å². The Bertz CT molecular complexity index is 3570. The van der Waals surface area contributed by atoms with E-state index in [4.69, 9.17) is 19.4 Å². The summed E-state index contributed by atoms with van der Waals surface area (Å²) in [6, 6.07) is 74.9. The molecule has 4 heteroatoms. The zero-order valence-corrected chi connectivity index (χ0v) is 35.5. The molecule has 0 unspecified atom stereocenters. The second-order valence-corrected chi connectivity index (χ2v) is 17.2. The second-order valence-electron chi connectivity index (χ2n) is 17.2. The van der Waals surface area contributed by atoms with Gasteiger partial charge in [0.1, 0.15) is 11.2 Å². The lowest BCUT2D eigenvalue weighted by atomic mass is 9.82. The fourth-order valence-electron chi connectivity index (χ4n) is 9.72. The summed E-state index contributed by atoms with van der Waals surface area (Å²) in [6.45, 7) is 4.61. The van der Waals surface area contributed by atoms with E-state index in [2.05, 4.69) is 220 Å². The molecule has 64 heavy (non-hydrogen) atoms. The van der Waals surface area contributed by atoms with Gasteiger partial charge in [-0.15, -0.1) is 0 Å². The number of hydrogen-bond donors (Lipinski definition) is 0. The molecule has 0 spiro atoms. The van der Waals surface area contributed by atoms with Gasteiger partial charge >= 0.3 is 0 Å². The molecule has 0 aliphatic heterocycles. The average Bonchev–Trinajstić information content (AvgIpc) is 3.86. The number of rotatable bonds is 7. The highest BCUT2D eigenvalue weighted by molar-refractivity contribution is 6.13.